The fourth-order valence-corrected chi connectivity index (χ4v) is 1.97. The number of nitrogen functional groups attached to an aromatic ring is 1. The van der Waals surface area contributed by atoms with Crippen LogP contribution in [0.2, 0.25) is 0 Å². The minimum Gasteiger partial charge on any atom is -0.397 e. The number of nitrogens with zero attached hydrogens (tertiary/aromatic N) is 1. The van der Waals surface area contributed by atoms with Gasteiger partial charge in [-0.2, -0.15) is 0 Å². The zero-order chi connectivity index (χ0) is 12.3. The second kappa shape index (κ2) is 4.71. The van der Waals surface area contributed by atoms with Crippen molar-refractivity contribution in [3.05, 3.63) is 24.0 Å². The third-order valence-corrected chi connectivity index (χ3v) is 3.21. The molecule has 1 aromatic rings. The van der Waals surface area contributed by atoms with Crippen LogP contribution >= 0.6 is 0 Å². The van der Waals surface area contributed by atoms with Crippen molar-refractivity contribution in [1.82, 2.24) is 10.3 Å². The van der Waals surface area contributed by atoms with E-state index in [4.69, 9.17) is 5.73 Å². The molecule has 1 saturated carbocycles. The molecule has 0 radical (unpaired) electrons. The van der Waals surface area contributed by atoms with Crippen LogP contribution in [0.3, 0.4) is 0 Å². The first kappa shape index (κ1) is 11.9. The highest BCUT2D eigenvalue weighted by molar-refractivity contribution is 5.79. The molecule has 1 amide bonds. The van der Waals surface area contributed by atoms with Crippen molar-refractivity contribution < 1.29 is 9.90 Å². The molecule has 1 aliphatic carbocycles. The lowest BCUT2D eigenvalue weighted by molar-refractivity contribution is -0.124. The Morgan fingerprint density at radius 1 is 1.53 bits per heavy atom. The maximum Gasteiger partial charge on any atom is 0.226 e. The van der Waals surface area contributed by atoms with Gasteiger partial charge in [-0.3, -0.25) is 9.78 Å². The molecule has 0 aliphatic heterocycles. The number of aliphatic hydroxyl groups is 1. The maximum atomic E-state index is 11.8. The Bertz CT molecular complexity index is 393. The van der Waals surface area contributed by atoms with Crippen LogP contribution in [0.5, 0.6) is 0 Å². The van der Waals surface area contributed by atoms with E-state index in [0.29, 0.717) is 11.4 Å². The number of nitrogens with two attached hydrogens (primary N) is 1. The van der Waals surface area contributed by atoms with Crippen LogP contribution in [0.1, 0.15) is 25.0 Å². The number of pyridine rings is 1. The van der Waals surface area contributed by atoms with Crippen LogP contribution < -0.4 is 11.1 Å². The van der Waals surface area contributed by atoms with E-state index in [1.54, 1.807) is 12.1 Å². The molecule has 17 heavy (non-hydrogen) atoms. The largest absolute Gasteiger partial charge is 0.397 e. The minimum atomic E-state index is -0.384. The number of amides is 1. The summed E-state index contributed by atoms with van der Waals surface area (Å²) in [7, 11) is 0. The molecule has 1 heterocycles. The summed E-state index contributed by atoms with van der Waals surface area (Å²) in [6.45, 7) is 0.00784. The van der Waals surface area contributed by atoms with Gasteiger partial charge >= 0.3 is 0 Å². The van der Waals surface area contributed by atoms with E-state index in [-0.39, 0.29) is 24.5 Å². The van der Waals surface area contributed by atoms with Gasteiger partial charge in [0, 0.05) is 5.69 Å². The number of anilines is 1. The lowest BCUT2D eigenvalue weighted by Gasteiger charge is -2.40. The lowest BCUT2D eigenvalue weighted by atomic mass is 9.77. The second-order valence-corrected chi connectivity index (χ2v) is 4.60. The van der Waals surface area contributed by atoms with Crippen molar-refractivity contribution in [3.8, 4) is 0 Å². The summed E-state index contributed by atoms with van der Waals surface area (Å²) in [6.07, 6.45) is 4.52. The van der Waals surface area contributed by atoms with E-state index in [9.17, 15) is 9.90 Å². The number of rotatable bonds is 4. The normalized spacial score (nSPS) is 17.2. The molecule has 5 nitrogen and oxygen atoms in total. The van der Waals surface area contributed by atoms with Crippen molar-refractivity contribution in [2.24, 2.45) is 0 Å². The average Bonchev–Trinajstić information content (AvgIpc) is 2.27. The zero-order valence-corrected chi connectivity index (χ0v) is 9.65. The van der Waals surface area contributed by atoms with E-state index in [1.165, 1.54) is 6.20 Å². The quantitative estimate of drug-likeness (QED) is 0.697. The van der Waals surface area contributed by atoms with Crippen LogP contribution in [0.25, 0.3) is 0 Å². The van der Waals surface area contributed by atoms with Crippen LogP contribution in [-0.4, -0.2) is 28.1 Å². The van der Waals surface area contributed by atoms with Crippen molar-refractivity contribution in [3.63, 3.8) is 0 Å². The summed E-state index contributed by atoms with van der Waals surface area (Å²) in [5, 5.41) is 12.1. The van der Waals surface area contributed by atoms with Gasteiger partial charge in [-0.15, -0.1) is 0 Å². The Hall–Kier alpha value is -1.62. The molecule has 0 aromatic carbocycles. The number of aromatic nitrogens is 1. The number of carbonyl (C=O) groups excluding carboxylic acids is 1. The highest BCUT2D eigenvalue weighted by Gasteiger charge is 2.37. The lowest BCUT2D eigenvalue weighted by Crippen LogP contribution is -2.56. The molecular formula is C12H17N3O2. The molecule has 4 N–H and O–H groups in total. The van der Waals surface area contributed by atoms with E-state index in [2.05, 4.69) is 10.3 Å². The van der Waals surface area contributed by atoms with Gasteiger partial charge in [-0.25, -0.2) is 0 Å². The third-order valence-electron chi connectivity index (χ3n) is 3.21. The predicted octanol–water partition coefficient (Wildman–Crippen LogP) is 0.237. The van der Waals surface area contributed by atoms with Gasteiger partial charge in [0.05, 0.1) is 30.5 Å². The molecule has 0 bridgehead atoms. The molecule has 0 spiro atoms. The molecule has 5 heteroatoms. The number of nitrogens with one attached hydrogen (secondary N) is 1. The zero-order valence-electron chi connectivity index (χ0n) is 9.65. The topological polar surface area (TPSA) is 88.2 Å². The first-order valence-electron chi connectivity index (χ1n) is 5.76. The van der Waals surface area contributed by atoms with Gasteiger partial charge in [-0.1, -0.05) is 0 Å². The van der Waals surface area contributed by atoms with E-state index < -0.39 is 0 Å². The second-order valence-electron chi connectivity index (χ2n) is 4.60. The van der Waals surface area contributed by atoms with Gasteiger partial charge in [0.25, 0.3) is 0 Å². The van der Waals surface area contributed by atoms with Gasteiger partial charge in [0.1, 0.15) is 0 Å². The Morgan fingerprint density at radius 3 is 2.76 bits per heavy atom. The first-order valence-corrected chi connectivity index (χ1v) is 5.76. The summed E-state index contributed by atoms with van der Waals surface area (Å²) >= 11 is 0. The van der Waals surface area contributed by atoms with E-state index in [0.717, 1.165) is 19.3 Å². The molecule has 1 aliphatic rings. The fourth-order valence-electron chi connectivity index (χ4n) is 1.97. The predicted molar refractivity (Wildman–Crippen MR) is 64.2 cm³/mol. The highest BCUT2D eigenvalue weighted by atomic mass is 16.3. The molecule has 1 fully saturated rings. The van der Waals surface area contributed by atoms with E-state index >= 15 is 0 Å². The monoisotopic (exact) mass is 235 g/mol. The Labute approximate surface area is 100 Å². The summed E-state index contributed by atoms with van der Waals surface area (Å²) in [4.78, 5) is 15.8. The van der Waals surface area contributed by atoms with Crippen molar-refractivity contribution in [2.45, 2.75) is 31.2 Å². The van der Waals surface area contributed by atoms with Crippen molar-refractivity contribution >= 4 is 11.6 Å². The van der Waals surface area contributed by atoms with Crippen molar-refractivity contribution in [2.75, 3.05) is 12.3 Å². The molecular weight excluding hydrogens is 218 g/mol. The van der Waals surface area contributed by atoms with Crippen LogP contribution in [-0.2, 0) is 11.2 Å². The van der Waals surface area contributed by atoms with Crippen molar-refractivity contribution in [1.29, 1.82) is 0 Å². The summed E-state index contributed by atoms with van der Waals surface area (Å²) in [5.41, 5.74) is 6.40. The number of hydrogen-bond donors (Lipinski definition) is 3. The number of aliphatic hydroxyl groups excluding tert-OH is 1. The Morgan fingerprint density at radius 2 is 2.29 bits per heavy atom. The molecule has 0 unspecified atom stereocenters. The maximum absolute atomic E-state index is 11.8. The number of carbonyl (C=O) groups is 1. The molecule has 0 atom stereocenters. The average molecular weight is 235 g/mol. The van der Waals surface area contributed by atoms with E-state index in [1.807, 2.05) is 0 Å². The third kappa shape index (κ3) is 2.74. The van der Waals surface area contributed by atoms with Crippen LogP contribution in [0.15, 0.2) is 18.3 Å². The summed E-state index contributed by atoms with van der Waals surface area (Å²) in [5.74, 6) is -0.101. The van der Waals surface area contributed by atoms with Gasteiger partial charge in [0.15, 0.2) is 0 Å². The molecule has 2 rings (SSSR count). The molecule has 0 saturated heterocycles. The minimum absolute atomic E-state index is 0.00784. The SMILES string of the molecule is Nc1ccc(CC(=O)NC2(CO)CCC2)nc1. The van der Waals surface area contributed by atoms with Gasteiger partial charge in [0.2, 0.25) is 5.91 Å². The Balaban J connectivity index is 1.91. The van der Waals surface area contributed by atoms with Crippen LogP contribution in [0.4, 0.5) is 5.69 Å². The number of hydrogen-bond acceptors (Lipinski definition) is 4. The first-order chi connectivity index (χ1) is 8.13. The summed E-state index contributed by atoms with van der Waals surface area (Å²) < 4.78 is 0. The molecule has 92 valence electrons. The van der Waals surface area contributed by atoms with Crippen LogP contribution in [0, 0.1) is 0 Å². The smallest absolute Gasteiger partial charge is 0.226 e. The standard InChI is InChI=1S/C12H17N3O2/c13-9-2-3-10(14-7-9)6-11(17)15-12(8-16)4-1-5-12/h2-3,7,16H,1,4-6,8,13H2,(H,15,17). The van der Waals surface area contributed by atoms with Gasteiger partial charge < -0.3 is 16.2 Å². The van der Waals surface area contributed by atoms with Gasteiger partial charge in [-0.05, 0) is 31.4 Å². The summed E-state index contributed by atoms with van der Waals surface area (Å²) in [6, 6.07) is 3.46. The fraction of sp³-hybridized carbons (Fsp3) is 0.500. The highest BCUT2D eigenvalue weighted by Crippen LogP contribution is 2.31. The molecule has 1 aromatic heterocycles. The Kier molecular flexibility index (Phi) is 3.28.